The highest BCUT2D eigenvalue weighted by molar-refractivity contribution is 7.99. The molecule has 0 aromatic heterocycles. The van der Waals surface area contributed by atoms with Crippen LogP contribution >= 0.6 is 11.8 Å². The summed E-state index contributed by atoms with van der Waals surface area (Å²) in [4.78, 5) is 26.7. The Kier molecular flexibility index (Phi) is 4.93. The lowest BCUT2D eigenvalue weighted by Gasteiger charge is -2.46. The van der Waals surface area contributed by atoms with Crippen LogP contribution < -0.4 is 5.32 Å². The molecular formula is C14H26N2O2S. The van der Waals surface area contributed by atoms with E-state index in [1.165, 1.54) is 0 Å². The van der Waals surface area contributed by atoms with Gasteiger partial charge in [0.05, 0.1) is 0 Å². The summed E-state index contributed by atoms with van der Waals surface area (Å²) in [5, 5.41) is 2.89. The fourth-order valence-corrected chi connectivity index (χ4v) is 2.58. The summed E-state index contributed by atoms with van der Waals surface area (Å²) >= 11 is 1.72. The molecule has 2 atom stereocenters. The molecule has 1 aliphatic heterocycles. The smallest absolute Gasteiger partial charge is 0.248 e. The van der Waals surface area contributed by atoms with Gasteiger partial charge < -0.3 is 10.2 Å². The standard InChI is InChI=1S/C14H26N2O2S/c1-7-10-11(17)15-14(5,8-2)12(18)16(10)9-13(3,4)19-6/h10H,7-9H2,1-6H3,(H,15,17). The highest BCUT2D eigenvalue weighted by atomic mass is 32.2. The minimum Gasteiger partial charge on any atom is -0.340 e. The second kappa shape index (κ2) is 5.73. The van der Waals surface area contributed by atoms with Crippen molar-refractivity contribution < 1.29 is 9.59 Å². The molecule has 5 heteroatoms. The number of amides is 2. The number of piperazine rings is 1. The summed E-state index contributed by atoms with van der Waals surface area (Å²) < 4.78 is -0.0463. The third-order valence-corrected chi connectivity index (χ3v) is 5.24. The predicted molar refractivity (Wildman–Crippen MR) is 80.2 cm³/mol. The molecule has 1 heterocycles. The van der Waals surface area contributed by atoms with Gasteiger partial charge in [0.2, 0.25) is 11.8 Å². The van der Waals surface area contributed by atoms with Gasteiger partial charge in [-0.05, 0) is 39.9 Å². The lowest BCUT2D eigenvalue weighted by Crippen LogP contribution is -2.70. The Hall–Kier alpha value is -0.710. The van der Waals surface area contributed by atoms with Gasteiger partial charge in [0.25, 0.3) is 0 Å². The van der Waals surface area contributed by atoms with Crippen LogP contribution in [0, 0.1) is 0 Å². The molecular weight excluding hydrogens is 260 g/mol. The number of carbonyl (C=O) groups is 2. The second-order valence-corrected chi connectivity index (χ2v) is 7.51. The van der Waals surface area contributed by atoms with E-state index < -0.39 is 5.54 Å². The predicted octanol–water partition coefficient (Wildman–Crippen LogP) is 2.03. The minimum absolute atomic E-state index is 0.0247. The molecule has 1 N–H and O–H groups in total. The first-order chi connectivity index (χ1) is 8.70. The van der Waals surface area contributed by atoms with Crippen LogP contribution in [0.25, 0.3) is 0 Å². The van der Waals surface area contributed by atoms with Crippen molar-refractivity contribution >= 4 is 23.6 Å². The van der Waals surface area contributed by atoms with Crippen molar-refractivity contribution in [2.45, 2.75) is 63.8 Å². The van der Waals surface area contributed by atoms with E-state index in [2.05, 4.69) is 19.2 Å². The fraction of sp³-hybridized carbons (Fsp3) is 0.857. The van der Waals surface area contributed by atoms with Gasteiger partial charge in [-0.25, -0.2) is 0 Å². The summed E-state index contributed by atoms with van der Waals surface area (Å²) in [6.07, 6.45) is 3.31. The van der Waals surface area contributed by atoms with Crippen LogP contribution in [-0.4, -0.2) is 45.8 Å². The molecule has 1 rings (SSSR count). The molecule has 0 saturated carbocycles. The van der Waals surface area contributed by atoms with Crippen molar-refractivity contribution in [3.05, 3.63) is 0 Å². The highest BCUT2D eigenvalue weighted by Crippen LogP contribution is 2.29. The summed E-state index contributed by atoms with van der Waals surface area (Å²) in [5.41, 5.74) is -0.753. The van der Waals surface area contributed by atoms with E-state index in [4.69, 9.17) is 0 Å². The third kappa shape index (κ3) is 3.25. The molecule has 1 saturated heterocycles. The third-order valence-electron chi connectivity index (χ3n) is 4.01. The topological polar surface area (TPSA) is 49.4 Å². The normalized spacial score (nSPS) is 28.5. The molecule has 2 unspecified atom stereocenters. The molecule has 19 heavy (non-hydrogen) atoms. The van der Waals surface area contributed by atoms with E-state index in [1.807, 2.05) is 27.0 Å². The van der Waals surface area contributed by atoms with Crippen molar-refractivity contribution in [3.63, 3.8) is 0 Å². The first-order valence-electron chi connectivity index (χ1n) is 6.89. The quantitative estimate of drug-likeness (QED) is 0.841. The van der Waals surface area contributed by atoms with Gasteiger partial charge >= 0.3 is 0 Å². The Morgan fingerprint density at radius 2 is 1.95 bits per heavy atom. The minimum atomic E-state index is -0.753. The van der Waals surface area contributed by atoms with E-state index >= 15 is 0 Å². The summed E-state index contributed by atoms with van der Waals surface area (Å²) in [5.74, 6) is 0.0203. The maximum absolute atomic E-state index is 12.7. The zero-order valence-electron chi connectivity index (χ0n) is 12.9. The van der Waals surface area contributed by atoms with Gasteiger partial charge in [-0.3, -0.25) is 9.59 Å². The molecule has 2 amide bonds. The van der Waals surface area contributed by atoms with E-state index in [0.717, 1.165) is 0 Å². The molecule has 0 aromatic rings. The number of rotatable bonds is 5. The molecule has 4 nitrogen and oxygen atoms in total. The number of hydrogen-bond donors (Lipinski definition) is 1. The molecule has 0 aromatic carbocycles. The lowest BCUT2D eigenvalue weighted by molar-refractivity contribution is -0.154. The molecule has 0 radical (unpaired) electrons. The Morgan fingerprint density at radius 3 is 2.37 bits per heavy atom. The van der Waals surface area contributed by atoms with Crippen molar-refractivity contribution in [2.75, 3.05) is 12.8 Å². The first-order valence-corrected chi connectivity index (χ1v) is 8.11. The Morgan fingerprint density at radius 1 is 1.37 bits per heavy atom. The largest absolute Gasteiger partial charge is 0.340 e. The lowest BCUT2D eigenvalue weighted by atomic mass is 9.90. The number of nitrogens with zero attached hydrogens (tertiary/aromatic N) is 1. The van der Waals surface area contributed by atoms with Gasteiger partial charge in [-0.1, -0.05) is 13.8 Å². The van der Waals surface area contributed by atoms with Crippen LogP contribution in [0.15, 0.2) is 0 Å². The van der Waals surface area contributed by atoms with Gasteiger partial charge in [0.15, 0.2) is 0 Å². The summed E-state index contributed by atoms with van der Waals surface area (Å²) in [7, 11) is 0. The Bertz CT molecular complexity index is 370. The molecule has 1 fully saturated rings. The molecule has 1 aliphatic rings. The van der Waals surface area contributed by atoms with Crippen LogP contribution in [0.5, 0.6) is 0 Å². The van der Waals surface area contributed by atoms with Crippen molar-refractivity contribution in [3.8, 4) is 0 Å². The van der Waals surface area contributed by atoms with E-state index in [-0.39, 0.29) is 22.6 Å². The highest BCUT2D eigenvalue weighted by Gasteiger charge is 2.47. The van der Waals surface area contributed by atoms with Crippen molar-refractivity contribution in [1.29, 1.82) is 0 Å². The van der Waals surface area contributed by atoms with Crippen LogP contribution in [0.4, 0.5) is 0 Å². The molecule has 0 aliphatic carbocycles. The maximum Gasteiger partial charge on any atom is 0.248 e. The zero-order valence-corrected chi connectivity index (χ0v) is 13.7. The van der Waals surface area contributed by atoms with Crippen LogP contribution in [0.1, 0.15) is 47.5 Å². The Balaban J connectivity index is 3.06. The van der Waals surface area contributed by atoms with Crippen LogP contribution in [0.3, 0.4) is 0 Å². The average molecular weight is 286 g/mol. The fourth-order valence-electron chi connectivity index (χ4n) is 2.31. The molecule has 0 bridgehead atoms. The van der Waals surface area contributed by atoms with Gasteiger partial charge in [0, 0.05) is 11.3 Å². The summed E-state index contributed by atoms with van der Waals surface area (Å²) in [6, 6.07) is -0.335. The van der Waals surface area contributed by atoms with Crippen LogP contribution in [-0.2, 0) is 9.59 Å². The van der Waals surface area contributed by atoms with Crippen LogP contribution in [0.2, 0.25) is 0 Å². The Labute approximate surface area is 120 Å². The number of carbonyl (C=O) groups excluding carboxylic acids is 2. The monoisotopic (exact) mass is 286 g/mol. The summed E-state index contributed by atoms with van der Waals surface area (Å²) in [6.45, 7) is 10.5. The number of thioether (sulfide) groups is 1. The van der Waals surface area contributed by atoms with Crippen molar-refractivity contribution in [2.24, 2.45) is 0 Å². The first kappa shape index (κ1) is 16.3. The maximum atomic E-state index is 12.7. The van der Waals surface area contributed by atoms with E-state index in [9.17, 15) is 9.59 Å². The zero-order chi connectivity index (χ0) is 14.8. The van der Waals surface area contributed by atoms with Gasteiger partial charge in [-0.15, -0.1) is 0 Å². The number of hydrogen-bond acceptors (Lipinski definition) is 3. The van der Waals surface area contributed by atoms with E-state index in [1.54, 1.807) is 16.7 Å². The van der Waals surface area contributed by atoms with Gasteiger partial charge in [0.1, 0.15) is 11.6 Å². The van der Waals surface area contributed by atoms with Gasteiger partial charge in [-0.2, -0.15) is 11.8 Å². The molecule has 110 valence electrons. The van der Waals surface area contributed by atoms with E-state index in [0.29, 0.717) is 19.4 Å². The van der Waals surface area contributed by atoms with Crippen molar-refractivity contribution in [1.82, 2.24) is 10.2 Å². The average Bonchev–Trinajstić information content (AvgIpc) is 2.36. The molecule has 0 spiro atoms. The number of nitrogens with one attached hydrogen (secondary N) is 1. The SMILES string of the molecule is CCC1C(=O)NC(C)(CC)C(=O)N1CC(C)(C)SC. The second-order valence-electron chi connectivity index (χ2n) is 6.00.